The summed E-state index contributed by atoms with van der Waals surface area (Å²) in [5, 5.41) is 2.92. The van der Waals surface area contributed by atoms with Crippen molar-refractivity contribution in [2.24, 2.45) is 4.99 Å². The Morgan fingerprint density at radius 2 is 1.82 bits per heavy atom. The van der Waals surface area contributed by atoms with Crippen molar-refractivity contribution < 1.29 is 23.1 Å². The standard InChI is InChI=1S/C28H26ClF2N3O3S/c1-18-8-13-23(19(2)16-18)34-25(35)17-24(26(34)36)38-27(32-15-14-20-6-4-3-5-7-20)33-21-9-11-22(12-10-21)37-28(29,30)31/h3-13,16,24H,14-15,17H2,1-2H3,(H,32,33)/t24-/m0/s1. The molecule has 0 radical (unpaired) electrons. The van der Waals surface area contributed by atoms with Crippen LogP contribution >= 0.6 is 23.4 Å². The summed E-state index contributed by atoms with van der Waals surface area (Å²) in [6, 6.07) is 21.2. The molecule has 0 unspecified atom stereocenters. The van der Waals surface area contributed by atoms with Crippen LogP contribution in [0.5, 0.6) is 5.75 Å². The highest BCUT2D eigenvalue weighted by Crippen LogP contribution is 2.33. The highest BCUT2D eigenvalue weighted by molar-refractivity contribution is 8.15. The van der Waals surface area contributed by atoms with Gasteiger partial charge in [0.15, 0.2) is 5.17 Å². The highest BCUT2D eigenvalue weighted by Gasteiger charge is 2.41. The van der Waals surface area contributed by atoms with Gasteiger partial charge in [-0.15, -0.1) is 8.78 Å². The Bertz CT molecular complexity index is 1330. The summed E-state index contributed by atoms with van der Waals surface area (Å²) < 4.78 is 30.2. The monoisotopic (exact) mass is 557 g/mol. The van der Waals surface area contributed by atoms with Gasteiger partial charge in [-0.2, -0.15) is 0 Å². The van der Waals surface area contributed by atoms with E-state index in [0.717, 1.165) is 16.7 Å². The number of amidine groups is 1. The lowest BCUT2D eigenvalue weighted by molar-refractivity contribution is -0.121. The maximum Gasteiger partial charge on any atom is 0.487 e. The number of thioether (sulfide) groups is 1. The van der Waals surface area contributed by atoms with Crippen molar-refractivity contribution >= 4 is 51.7 Å². The largest absolute Gasteiger partial charge is 0.487 e. The number of hydrogen-bond acceptors (Lipinski definition) is 5. The van der Waals surface area contributed by atoms with Crippen LogP contribution in [0.1, 0.15) is 23.1 Å². The average molecular weight is 558 g/mol. The molecule has 2 amide bonds. The molecule has 6 nitrogen and oxygen atoms in total. The van der Waals surface area contributed by atoms with Gasteiger partial charge in [0.1, 0.15) is 11.0 Å². The molecule has 3 aromatic rings. The van der Waals surface area contributed by atoms with E-state index >= 15 is 0 Å². The van der Waals surface area contributed by atoms with Crippen molar-refractivity contribution in [3.05, 3.63) is 89.5 Å². The normalized spacial score (nSPS) is 16.2. The van der Waals surface area contributed by atoms with Gasteiger partial charge in [-0.05, 0) is 61.7 Å². The van der Waals surface area contributed by atoms with Gasteiger partial charge in [-0.3, -0.25) is 14.6 Å². The molecule has 1 aliphatic rings. The van der Waals surface area contributed by atoms with Gasteiger partial charge in [0.2, 0.25) is 11.8 Å². The van der Waals surface area contributed by atoms with Gasteiger partial charge in [0, 0.05) is 30.3 Å². The number of imide groups is 1. The Morgan fingerprint density at radius 3 is 2.47 bits per heavy atom. The molecule has 38 heavy (non-hydrogen) atoms. The second-order valence-electron chi connectivity index (χ2n) is 8.79. The molecule has 0 spiro atoms. The molecule has 198 valence electrons. The molecule has 3 aromatic carbocycles. The van der Waals surface area contributed by atoms with E-state index in [1.165, 1.54) is 40.9 Å². The number of anilines is 2. The van der Waals surface area contributed by atoms with E-state index in [0.29, 0.717) is 29.5 Å². The second-order valence-corrected chi connectivity index (χ2v) is 10.4. The third kappa shape index (κ3) is 7.33. The molecule has 1 heterocycles. The number of amides is 2. The topological polar surface area (TPSA) is 71.0 Å². The highest BCUT2D eigenvalue weighted by atomic mass is 35.5. The molecule has 0 aliphatic carbocycles. The number of aryl methyl sites for hydroxylation is 2. The number of rotatable bonds is 8. The number of hydrogen-bond donors (Lipinski definition) is 1. The number of aliphatic imine (C=N–C) groups is 1. The fourth-order valence-corrected chi connectivity index (χ4v) is 5.17. The summed E-state index contributed by atoms with van der Waals surface area (Å²) in [6.07, 6.45) is 0.712. The molecule has 0 bridgehead atoms. The van der Waals surface area contributed by atoms with Gasteiger partial charge >= 0.3 is 5.57 Å². The van der Waals surface area contributed by atoms with Gasteiger partial charge in [0.05, 0.1) is 5.69 Å². The van der Waals surface area contributed by atoms with Crippen molar-refractivity contribution in [1.29, 1.82) is 0 Å². The van der Waals surface area contributed by atoms with Gasteiger partial charge in [0.25, 0.3) is 0 Å². The number of carbonyl (C=O) groups excluding carboxylic acids is 2. The first kappa shape index (κ1) is 27.6. The van der Waals surface area contributed by atoms with Gasteiger partial charge in [-0.25, -0.2) is 4.90 Å². The van der Waals surface area contributed by atoms with Crippen LogP contribution in [0.25, 0.3) is 0 Å². The van der Waals surface area contributed by atoms with E-state index in [1.54, 1.807) is 6.07 Å². The second kappa shape index (κ2) is 12.0. The number of benzene rings is 3. The first-order valence-electron chi connectivity index (χ1n) is 11.9. The Morgan fingerprint density at radius 1 is 1.11 bits per heavy atom. The zero-order valence-electron chi connectivity index (χ0n) is 20.8. The fourth-order valence-electron chi connectivity index (χ4n) is 4.04. The van der Waals surface area contributed by atoms with Crippen molar-refractivity contribution in [1.82, 2.24) is 0 Å². The Labute approximate surface area is 229 Å². The lowest BCUT2D eigenvalue weighted by Crippen LogP contribution is -2.32. The zero-order chi connectivity index (χ0) is 27.3. The van der Waals surface area contributed by atoms with Crippen LogP contribution < -0.4 is 15.0 Å². The lowest BCUT2D eigenvalue weighted by atomic mass is 10.1. The number of halogens is 3. The van der Waals surface area contributed by atoms with Crippen molar-refractivity contribution in [2.45, 2.75) is 37.5 Å². The van der Waals surface area contributed by atoms with E-state index in [1.807, 2.05) is 56.3 Å². The molecular formula is C28H26ClF2N3O3S. The van der Waals surface area contributed by atoms with Crippen molar-refractivity contribution in [3.8, 4) is 5.75 Å². The minimum absolute atomic E-state index is 0.0355. The quantitative estimate of drug-likeness (QED) is 0.147. The molecule has 0 saturated carbocycles. The molecule has 1 N–H and O–H groups in total. The Hall–Kier alpha value is -3.43. The molecule has 1 saturated heterocycles. The third-order valence-electron chi connectivity index (χ3n) is 5.79. The molecule has 1 atom stereocenters. The lowest BCUT2D eigenvalue weighted by Gasteiger charge is -2.18. The van der Waals surface area contributed by atoms with Crippen LogP contribution in [0.15, 0.2) is 77.8 Å². The van der Waals surface area contributed by atoms with E-state index < -0.39 is 10.8 Å². The SMILES string of the molecule is Cc1ccc(N2C(=O)C[C@H](SC(=NCCc3ccccc3)Nc3ccc(OC(F)(F)Cl)cc3)C2=O)c(C)c1. The summed E-state index contributed by atoms with van der Waals surface area (Å²) in [5.74, 6) is -0.685. The summed E-state index contributed by atoms with van der Waals surface area (Å²) in [4.78, 5) is 32.1. The van der Waals surface area contributed by atoms with Gasteiger partial charge in [-0.1, -0.05) is 59.8 Å². The minimum Gasteiger partial charge on any atom is -0.420 e. The van der Waals surface area contributed by atoms with E-state index in [2.05, 4.69) is 15.0 Å². The Kier molecular flexibility index (Phi) is 8.69. The fraction of sp³-hybridized carbons (Fsp3) is 0.250. The number of alkyl halides is 3. The van der Waals surface area contributed by atoms with Crippen LogP contribution in [0.4, 0.5) is 20.2 Å². The van der Waals surface area contributed by atoms with Crippen LogP contribution in [0, 0.1) is 13.8 Å². The maximum absolute atomic E-state index is 13.3. The van der Waals surface area contributed by atoms with Crippen molar-refractivity contribution in [3.63, 3.8) is 0 Å². The van der Waals surface area contributed by atoms with Gasteiger partial charge < -0.3 is 10.1 Å². The maximum atomic E-state index is 13.3. The summed E-state index contributed by atoms with van der Waals surface area (Å²) in [5.41, 5.74) is 0.306. The molecule has 10 heteroatoms. The number of nitrogens with zero attached hydrogens (tertiary/aromatic N) is 2. The molecule has 1 aliphatic heterocycles. The third-order valence-corrected chi connectivity index (χ3v) is 6.97. The van der Waals surface area contributed by atoms with E-state index in [4.69, 9.17) is 11.6 Å². The summed E-state index contributed by atoms with van der Waals surface area (Å²) in [6.45, 7) is 4.26. The number of ether oxygens (including phenoxy) is 1. The minimum atomic E-state index is -3.81. The van der Waals surface area contributed by atoms with Crippen LogP contribution in [0.2, 0.25) is 0 Å². The summed E-state index contributed by atoms with van der Waals surface area (Å²) >= 11 is 6.01. The molecule has 1 fully saturated rings. The van der Waals surface area contributed by atoms with E-state index in [-0.39, 0.29) is 24.0 Å². The Balaban J connectivity index is 1.51. The average Bonchev–Trinajstić information content (AvgIpc) is 3.12. The smallest absolute Gasteiger partial charge is 0.420 e. The zero-order valence-corrected chi connectivity index (χ0v) is 22.4. The van der Waals surface area contributed by atoms with E-state index in [9.17, 15) is 18.4 Å². The predicted molar refractivity (Wildman–Crippen MR) is 148 cm³/mol. The van der Waals surface area contributed by atoms with Crippen LogP contribution in [0.3, 0.4) is 0 Å². The predicted octanol–water partition coefficient (Wildman–Crippen LogP) is 6.55. The van der Waals surface area contributed by atoms with Crippen molar-refractivity contribution in [2.75, 3.05) is 16.8 Å². The molecule has 0 aromatic heterocycles. The summed E-state index contributed by atoms with van der Waals surface area (Å²) in [7, 11) is 0. The number of carbonyl (C=O) groups is 2. The number of nitrogens with one attached hydrogen (secondary N) is 1. The first-order chi connectivity index (χ1) is 18.1. The molecular weight excluding hydrogens is 532 g/mol. The first-order valence-corrected chi connectivity index (χ1v) is 13.2. The molecule has 4 rings (SSSR count). The van der Waals surface area contributed by atoms with Crippen LogP contribution in [-0.2, 0) is 16.0 Å². The van der Waals surface area contributed by atoms with Crippen LogP contribution in [-0.4, -0.2) is 34.3 Å².